The minimum atomic E-state index is -0.287. The molecule has 0 unspecified atom stereocenters. The predicted molar refractivity (Wildman–Crippen MR) is 131 cm³/mol. The topological polar surface area (TPSA) is 75.4 Å². The van der Waals surface area contributed by atoms with Crippen LogP contribution in [0.25, 0.3) is 0 Å². The summed E-state index contributed by atoms with van der Waals surface area (Å²) in [5.74, 6) is 0.491. The highest BCUT2D eigenvalue weighted by molar-refractivity contribution is 5.92. The van der Waals surface area contributed by atoms with Crippen molar-refractivity contribution in [3.8, 4) is 0 Å². The van der Waals surface area contributed by atoms with Crippen LogP contribution in [-0.2, 0) is 24.3 Å². The first-order chi connectivity index (χ1) is 16.6. The maximum atomic E-state index is 13.3. The molecule has 6 nitrogen and oxygen atoms in total. The van der Waals surface area contributed by atoms with Crippen molar-refractivity contribution in [1.29, 1.82) is 0 Å². The molecule has 2 aromatic carbocycles. The smallest absolute Gasteiger partial charge is 0.273 e. The largest absolute Gasteiger partial charge is 0.359 e. The molecule has 0 atom stereocenters. The summed E-state index contributed by atoms with van der Waals surface area (Å²) in [4.78, 5) is 27.8. The summed E-state index contributed by atoms with van der Waals surface area (Å²) in [6, 6.07) is 19.8. The fourth-order valence-corrected chi connectivity index (χ4v) is 4.45. The van der Waals surface area contributed by atoms with E-state index in [1.54, 1.807) is 6.07 Å². The molecule has 1 N–H and O–H groups in total. The van der Waals surface area contributed by atoms with Gasteiger partial charge in [0.1, 0.15) is 0 Å². The number of hydrogen-bond acceptors (Lipinski definition) is 4. The van der Waals surface area contributed by atoms with Gasteiger partial charge in [0.15, 0.2) is 11.5 Å². The van der Waals surface area contributed by atoms with Gasteiger partial charge in [-0.15, -0.1) is 0 Å². The first kappa shape index (κ1) is 23.7. The Hall–Kier alpha value is -3.41. The third-order valence-corrected chi connectivity index (χ3v) is 6.49. The van der Waals surface area contributed by atoms with Crippen molar-refractivity contribution in [3.05, 3.63) is 88.8 Å². The van der Waals surface area contributed by atoms with Gasteiger partial charge in [-0.2, -0.15) is 0 Å². The van der Waals surface area contributed by atoms with Gasteiger partial charge in [0, 0.05) is 25.1 Å². The van der Waals surface area contributed by atoms with Gasteiger partial charge in [-0.3, -0.25) is 9.59 Å². The fraction of sp³-hybridized carbons (Fsp3) is 0.393. The maximum Gasteiger partial charge on any atom is 0.273 e. The van der Waals surface area contributed by atoms with Gasteiger partial charge in [0.05, 0.1) is 6.54 Å². The van der Waals surface area contributed by atoms with Crippen LogP contribution >= 0.6 is 0 Å². The van der Waals surface area contributed by atoms with E-state index in [2.05, 4.69) is 22.6 Å². The van der Waals surface area contributed by atoms with Crippen LogP contribution in [0.4, 0.5) is 0 Å². The number of rotatable bonds is 9. The molecule has 1 aliphatic carbocycles. The fourth-order valence-electron chi connectivity index (χ4n) is 4.45. The Kier molecular flexibility index (Phi) is 8.12. The van der Waals surface area contributed by atoms with E-state index in [1.165, 1.54) is 17.5 Å². The quantitative estimate of drug-likeness (QED) is 0.485. The highest BCUT2D eigenvalue weighted by atomic mass is 16.5. The van der Waals surface area contributed by atoms with Gasteiger partial charge in [0.2, 0.25) is 5.91 Å². The lowest BCUT2D eigenvalue weighted by atomic mass is 9.88. The third-order valence-electron chi connectivity index (χ3n) is 6.49. The van der Waals surface area contributed by atoms with Crippen molar-refractivity contribution >= 4 is 11.8 Å². The van der Waals surface area contributed by atoms with Crippen molar-refractivity contribution in [3.63, 3.8) is 0 Å². The second-order valence-corrected chi connectivity index (χ2v) is 9.18. The van der Waals surface area contributed by atoms with Crippen LogP contribution in [-0.4, -0.2) is 28.4 Å². The number of aromatic nitrogens is 1. The van der Waals surface area contributed by atoms with Crippen molar-refractivity contribution in [2.24, 2.45) is 5.92 Å². The minimum Gasteiger partial charge on any atom is -0.359 e. The number of carbonyl (C=O) groups is 2. The third kappa shape index (κ3) is 6.56. The van der Waals surface area contributed by atoms with Crippen LogP contribution in [0.15, 0.2) is 65.2 Å². The van der Waals surface area contributed by atoms with E-state index in [0.717, 1.165) is 37.7 Å². The van der Waals surface area contributed by atoms with E-state index < -0.39 is 0 Å². The van der Waals surface area contributed by atoms with Crippen molar-refractivity contribution in [1.82, 2.24) is 15.4 Å². The first-order valence-corrected chi connectivity index (χ1v) is 12.2. The highest BCUT2D eigenvalue weighted by Crippen LogP contribution is 2.26. The summed E-state index contributed by atoms with van der Waals surface area (Å²) in [5, 5.41) is 6.84. The molecule has 1 aliphatic rings. The Morgan fingerprint density at radius 3 is 2.47 bits per heavy atom. The Bertz CT molecular complexity index is 1070. The highest BCUT2D eigenvalue weighted by Gasteiger charge is 2.27. The molecule has 4 rings (SSSR count). The number of nitrogens with one attached hydrogen (secondary N) is 1. The molecule has 178 valence electrons. The molecule has 0 aliphatic heterocycles. The van der Waals surface area contributed by atoms with Gasteiger partial charge >= 0.3 is 0 Å². The van der Waals surface area contributed by atoms with Gasteiger partial charge < -0.3 is 14.7 Å². The molecule has 34 heavy (non-hydrogen) atoms. The lowest BCUT2D eigenvalue weighted by Gasteiger charge is -2.28. The monoisotopic (exact) mass is 459 g/mol. The number of carbonyl (C=O) groups excluding carboxylic acids is 2. The second-order valence-electron chi connectivity index (χ2n) is 9.18. The van der Waals surface area contributed by atoms with Crippen LogP contribution in [0.1, 0.15) is 65.0 Å². The standard InChI is InChI=1S/C28H33N3O3/c1-21-12-14-23(15-13-21)19-29-27(32)26-18-25(34-30-26)20-31(17-16-22-8-4-2-5-9-22)28(33)24-10-6-3-7-11-24/h2,4-5,8-9,12-15,18,24H,3,6-7,10-11,16-17,19-20H2,1H3,(H,29,32). The molecular formula is C28H33N3O3. The molecule has 0 saturated heterocycles. The van der Waals surface area contributed by atoms with E-state index in [9.17, 15) is 9.59 Å². The molecule has 0 radical (unpaired) electrons. The van der Waals surface area contributed by atoms with Crippen molar-refractivity contribution in [2.45, 2.75) is 58.5 Å². The van der Waals surface area contributed by atoms with Crippen molar-refractivity contribution < 1.29 is 14.1 Å². The van der Waals surface area contributed by atoms with E-state index >= 15 is 0 Å². The molecule has 3 aromatic rings. The molecule has 1 fully saturated rings. The number of nitrogens with zero attached hydrogens (tertiary/aromatic N) is 2. The van der Waals surface area contributed by atoms with Crippen LogP contribution in [0.3, 0.4) is 0 Å². The predicted octanol–water partition coefficient (Wildman–Crippen LogP) is 5.06. The number of aryl methyl sites for hydroxylation is 1. The zero-order chi connectivity index (χ0) is 23.8. The summed E-state index contributed by atoms with van der Waals surface area (Å²) in [6.45, 7) is 3.38. The number of benzene rings is 2. The van der Waals surface area contributed by atoms with E-state index in [4.69, 9.17) is 4.52 Å². The van der Waals surface area contributed by atoms with E-state index in [-0.39, 0.29) is 23.4 Å². The van der Waals surface area contributed by atoms with Gasteiger partial charge in [-0.05, 0) is 37.3 Å². The zero-order valence-electron chi connectivity index (χ0n) is 19.8. The average Bonchev–Trinajstić information content (AvgIpc) is 3.35. The second kappa shape index (κ2) is 11.6. The summed E-state index contributed by atoms with van der Waals surface area (Å²) >= 11 is 0. The van der Waals surface area contributed by atoms with E-state index in [1.807, 2.05) is 54.3 Å². The Morgan fingerprint density at radius 1 is 1.00 bits per heavy atom. The van der Waals surface area contributed by atoms with Crippen LogP contribution in [0.5, 0.6) is 0 Å². The Morgan fingerprint density at radius 2 is 1.74 bits per heavy atom. The lowest BCUT2D eigenvalue weighted by Crippen LogP contribution is -2.37. The SMILES string of the molecule is Cc1ccc(CNC(=O)c2cc(CN(CCc3ccccc3)C(=O)C3CCCCC3)on2)cc1. The van der Waals surface area contributed by atoms with Crippen LogP contribution in [0, 0.1) is 12.8 Å². The van der Waals surface area contributed by atoms with Gasteiger partial charge in [-0.25, -0.2) is 0 Å². The van der Waals surface area contributed by atoms with Gasteiger partial charge in [0.25, 0.3) is 5.91 Å². The summed E-state index contributed by atoms with van der Waals surface area (Å²) in [7, 11) is 0. The zero-order valence-corrected chi connectivity index (χ0v) is 19.8. The molecule has 6 heteroatoms. The lowest BCUT2D eigenvalue weighted by molar-refractivity contribution is -0.137. The molecule has 1 heterocycles. The van der Waals surface area contributed by atoms with Gasteiger partial charge in [-0.1, -0.05) is 84.6 Å². The molecule has 1 saturated carbocycles. The summed E-state index contributed by atoms with van der Waals surface area (Å²) < 4.78 is 5.47. The Labute approximate surface area is 201 Å². The normalized spacial score (nSPS) is 14.0. The van der Waals surface area contributed by atoms with E-state index in [0.29, 0.717) is 25.4 Å². The summed E-state index contributed by atoms with van der Waals surface area (Å²) in [6.07, 6.45) is 6.09. The van der Waals surface area contributed by atoms with Crippen molar-refractivity contribution in [2.75, 3.05) is 6.54 Å². The molecule has 1 aromatic heterocycles. The average molecular weight is 460 g/mol. The number of hydrogen-bond donors (Lipinski definition) is 1. The maximum absolute atomic E-state index is 13.3. The van der Waals surface area contributed by atoms with Crippen LogP contribution in [0.2, 0.25) is 0 Å². The molecular weight excluding hydrogens is 426 g/mol. The molecule has 0 bridgehead atoms. The molecule has 2 amide bonds. The minimum absolute atomic E-state index is 0.0738. The molecule has 0 spiro atoms. The first-order valence-electron chi connectivity index (χ1n) is 12.2. The summed E-state index contributed by atoms with van der Waals surface area (Å²) in [5.41, 5.74) is 3.62. The van der Waals surface area contributed by atoms with Crippen LogP contribution < -0.4 is 5.32 Å². The Balaban J connectivity index is 1.39. The number of amides is 2.